The molecule has 0 bridgehead atoms. The fourth-order valence-electron chi connectivity index (χ4n) is 1.34. The summed E-state index contributed by atoms with van der Waals surface area (Å²) in [4.78, 5) is 11.8. The van der Waals surface area contributed by atoms with Gasteiger partial charge in [-0.3, -0.25) is 4.79 Å². The first-order valence-electron chi connectivity index (χ1n) is 4.91. The number of hydrogen-bond donors (Lipinski definition) is 1. The predicted octanol–water partition coefficient (Wildman–Crippen LogP) is 3.64. The van der Waals surface area contributed by atoms with Gasteiger partial charge in [-0.05, 0) is 42.5 Å². The van der Waals surface area contributed by atoms with E-state index in [1.807, 2.05) is 0 Å². The van der Waals surface area contributed by atoms with Gasteiger partial charge in [0.1, 0.15) is 11.5 Å². The zero-order valence-corrected chi connectivity index (χ0v) is 10.3. The molecule has 0 fully saturated rings. The molecule has 2 rings (SSSR count). The van der Waals surface area contributed by atoms with Gasteiger partial charge in [0.05, 0.1) is 11.8 Å². The molecule has 0 spiro atoms. The molecule has 86 valence electrons. The average Bonchev–Trinajstić information content (AvgIpc) is 2.82. The van der Waals surface area contributed by atoms with Gasteiger partial charge in [0.25, 0.3) is 0 Å². The molecule has 1 aromatic heterocycles. The van der Waals surface area contributed by atoms with E-state index < -0.39 is 0 Å². The highest BCUT2D eigenvalue weighted by atomic mass is 79.9. The van der Waals surface area contributed by atoms with Gasteiger partial charge >= 0.3 is 0 Å². The van der Waals surface area contributed by atoms with E-state index in [0.717, 1.165) is 4.47 Å². The van der Waals surface area contributed by atoms with Gasteiger partial charge in [0.15, 0.2) is 5.78 Å². The third-order valence-corrected chi connectivity index (χ3v) is 2.66. The maximum atomic E-state index is 11.8. The number of allylic oxidation sites excluding steroid dienone is 1. The van der Waals surface area contributed by atoms with Crippen LogP contribution in [0.15, 0.2) is 51.6 Å². The second kappa shape index (κ2) is 5.01. The van der Waals surface area contributed by atoms with Gasteiger partial charge in [-0.1, -0.05) is 15.9 Å². The summed E-state index contributed by atoms with van der Waals surface area (Å²) in [6.45, 7) is 0. The van der Waals surface area contributed by atoms with Crippen molar-refractivity contribution in [1.29, 1.82) is 0 Å². The molecule has 2 aromatic rings. The van der Waals surface area contributed by atoms with Crippen LogP contribution in [0.1, 0.15) is 16.1 Å². The predicted molar refractivity (Wildman–Crippen MR) is 67.9 cm³/mol. The van der Waals surface area contributed by atoms with E-state index in [4.69, 9.17) is 4.42 Å². The zero-order valence-electron chi connectivity index (χ0n) is 8.76. The van der Waals surface area contributed by atoms with Crippen molar-refractivity contribution >= 4 is 27.8 Å². The van der Waals surface area contributed by atoms with E-state index in [2.05, 4.69) is 15.9 Å². The summed E-state index contributed by atoms with van der Waals surface area (Å²) in [6, 6.07) is 8.19. The minimum absolute atomic E-state index is 0.0395. The second-order valence-electron chi connectivity index (χ2n) is 3.37. The first-order chi connectivity index (χ1) is 8.16. The van der Waals surface area contributed by atoms with E-state index in [1.54, 1.807) is 30.3 Å². The van der Waals surface area contributed by atoms with Crippen molar-refractivity contribution in [3.63, 3.8) is 0 Å². The van der Waals surface area contributed by atoms with E-state index >= 15 is 0 Å². The Balaban J connectivity index is 2.23. The lowest BCUT2D eigenvalue weighted by Gasteiger charge is -2.00. The number of phenols is 1. The number of carbonyl (C=O) groups is 1. The molecular formula is C13H9BrO3. The molecule has 1 aromatic carbocycles. The molecule has 0 saturated heterocycles. The van der Waals surface area contributed by atoms with Gasteiger partial charge in [-0.25, -0.2) is 0 Å². The smallest absolute Gasteiger partial charge is 0.189 e. The van der Waals surface area contributed by atoms with Crippen molar-refractivity contribution in [2.45, 2.75) is 0 Å². The van der Waals surface area contributed by atoms with Crippen LogP contribution in [0.4, 0.5) is 0 Å². The number of carbonyl (C=O) groups excluding carboxylic acids is 1. The highest BCUT2D eigenvalue weighted by Gasteiger charge is 2.08. The summed E-state index contributed by atoms with van der Waals surface area (Å²) in [7, 11) is 0. The monoisotopic (exact) mass is 292 g/mol. The fourth-order valence-corrected chi connectivity index (χ4v) is 1.70. The second-order valence-corrected chi connectivity index (χ2v) is 4.29. The highest BCUT2D eigenvalue weighted by Crippen LogP contribution is 2.22. The number of phenolic OH excluding ortho intramolecular Hbond substituents is 1. The Morgan fingerprint density at radius 2 is 2.18 bits per heavy atom. The molecule has 0 amide bonds. The lowest BCUT2D eigenvalue weighted by molar-refractivity contribution is 0.104. The largest absolute Gasteiger partial charge is 0.507 e. The van der Waals surface area contributed by atoms with Crippen LogP contribution in [-0.4, -0.2) is 10.9 Å². The van der Waals surface area contributed by atoms with Crippen LogP contribution < -0.4 is 0 Å². The molecule has 1 N–H and O–H groups in total. The fraction of sp³-hybridized carbons (Fsp3) is 0. The maximum absolute atomic E-state index is 11.8. The van der Waals surface area contributed by atoms with Crippen molar-refractivity contribution in [2.24, 2.45) is 0 Å². The lowest BCUT2D eigenvalue weighted by atomic mass is 10.1. The molecule has 3 nitrogen and oxygen atoms in total. The van der Waals surface area contributed by atoms with Crippen LogP contribution in [0, 0.1) is 0 Å². The van der Waals surface area contributed by atoms with Crippen molar-refractivity contribution < 1.29 is 14.3 Å². The van der Waals surface area contributed by atoms with Crippen molar-refractivity contribution in [3.8, 4) is 5.75 Å². The topological polar surface area (TPSA) is 50.4 Å². The van der Waals surface area contributed by atoms with Crippen molar-refractivity contribution in [3.05, 3.63) is 58.5 Å². The molecule has 0 saturated carbocycles. The first-order valence-corrected chi connectivity index (χ1v) is 5.70. The summed E-state index contributed by atoms with van der Waals surface area (Å²) >= 11 is 3.25. The molecular weight excluding hydrogens is 284 g/mol. The van der Waals surface area contributed by atoms with E-state index in [0.29, 0.717) is 5.76 Å². The Bertz CT molecular complexity index is 556. The molecule has 0 radical (unpaired) electrons. The van der Waals surface area contributed by atoms with Crippen LogP contribution >= 0.6 is 15.9 Å². The molecule has 1 heterocycles. The Labute approximate surface area is 107 Å². The van der Waals surface area contributed by atoms with Crippen molar-refractivity contribution in [2.75, 3.05) is 0 Å². The van der Waals surface area contributed by atoms with Gasteiger partial charge in [-0.2, -0.15) is 0 Å². The van der Waals surface area contributed by atoms with E-state index in [-0.39, 0.29) is 17.1 Å². The molecule has 17 heavy (non-hydrogen) atoms. The van der Waals surface area contributed by atoms with Crippen LogP contribution in [0.3, 0.4) is 0 Å². The lowest BCUT2D eigenvalue weighted by Crippen LogP contribution is -1.94. The maximum Gasteiger partial charge on any atom is 0.189 e. The number of ketones is 1. The Morgan fingerprint density at radius 1 is 1.35 bits per heavy atom. The number of benzene rings is 1. The molecule has 0 aliphatic heterocycles. The Morgan fingerprint density at radius 3 is 2.88 bits per heavy atom. The summed E-state index contributed by atoms with van der Waals surface area (Å²) in [5.41, 5.74) is 0.252. The SMILES string of the molecule is O=C(C=Cc1ccco1)c1cc(Br)ccc1O. The number of halogens is 1. The summed E-state index contributed by atoms with van der Waals surface area (Å²) < 4.78 is 5.80. The Kier molecular flexibility index (Phi) is 3.44. The van der Waals surface area contributed by atoms with Crippen LogP contribution in [-0.2, 0) is 0 Å². The standard InChI is InChI=1S/C13H9BrO3/c14-9-3-5-12(15)11(8-9)13(16)6-4-10-2-1-7-17-10/h1-8,15H. The number of aromatic hydroxyl groups is 1. The normalized spacial score (nSPS) is 10.9. The van der Waals surface area contributed by atoms with Crippen LogP contribution in [0.25, 0.3) is 6.08 Å². The highest BCUT2D eigenvalue weighted by molar-refractivity contribution is 9.10. The molecule has 0 unspecified atom stereocenters. The summed E-state index contributed by atoms with van der Waals surface area (Å²) in [5, 5.41) is 9.56. The summed E-state index contributed by atoms with van der Waals surface area (Å²) in [5.74, 6) is 0.273. The summed E-state index contributed by atoms with van der Waals surface area (Å²) in [6.07, 6.45) is 4.45. The third-order valence-electron chi connectivity index (χ3n) is 2.17. The number of furan rings is 1. The van der Waals surface area contributed by atoms with Gasteiger partial charge in [0, 0.05) is 4.47 Å². The molecule has 0 atom stereocenters. The van der Waals surface area contributed by atoms with Crippen molar-refractivity contribution in [1.82, 2.24) is 0 Å². The van der Waals surface area contributed by atoms with Gasteiger partial charge < -0.3 is 9.52 Å². The minimum Gasteiger partial charge on any atom is -0.507 e. The average molecular weight is 293 g/mol. The van der Waals surface area contributed by atoms with E-state index in [9.17, 15) is 9.90 Å². The van der Waals surface area contributed by atoms with E-state index in [1.165, 1.54) is 18.4 Å². The van der Waals surface area contributed by atoms with Gasteiger partial charge in [0.2, 0.25) is 0 Å². The number of rotatable bonds is 3. The third kappa shape index (κ3) is 2.85. The number of hydrogen-bond acceptors (Lipinski definition) is 3. The first kappa shape index (κ1) is 11.7. The minimum atomic E-state index is -0.278. The van der Waals surface area contributed by atoms with Crippen LogP contribution in [0.5, 0.6) is 5.75 Å². The molecule has 0 aliphatic rings. The van der Waals surface area contributed by atoms with Crippen LogP contribution in [0.2, 0.25) is 0 Å². The quantitative estimate of drug-likeness (QED) is 0.694. The zero-order chi connectivity index (χ0) is 12.3. The molecule has 4 heteroatoms. The molecule has 0 aliphatic carbocycles. The Hall–Kier alpha value is -1.81. The van der Waals surface area contributed by atoms with Gasteiger partial charge in [-0.15, -0.1) is 0 Å².